The van der Waals surface area contributed by atoms with Gasteiger partial charge in [-0.05, 0) is 38.5 Å². The van der Waals surface area contributed by atoms with Crippen molar-refractivity contribution in [1.29, 1.82) is 0 Å². The molecule has 0 aromatic heterocycles. The third kappa shape index (κ3) is 4.24. The molecule has 0 fully saturated rings. The Morgan fingerprint density at radius 2 is 1.89 bits per heavy atom. The van der Waals surface area contributed by atoms with Crippen LogP contribution in [0.1, 0.15) is 32.3 Å². The van der Waals surface area contributed by atoms with Crippen LogP contribution in [0.25, 0.3) is 0 Å². The lowest BCUT2D eigenvalue weighted by Crippen LogP contribution is -2.07. The van der Waals surface area contributed by atoms with Crippen molar-refractivity contribution in [1.82, 2.24) is 0 Å². The first kappa shape index (κ1) is 14.3. The maximum absolute atomic E-state index is 11.0. The number of rotatable bonds is 5. The summed E-state index contributed by atoms with van der Waals surface area (Å²) in [5.74, 6) is 0.692. The van der Waals surface area contributed by atoms with Crippen molar-refractivity contribution >= 4 is 5.97 Å². The van der Waals surface area contributed by atoms with Crippen LogP contribution in [0.3, 0.4) is 0 Å². The van der Waals surface area contributed by atoms with Gasteiger partial charge in [-0.15, -0.1) is 6.58 Å². The molecule has 1 rings (SSSR count). The van der Waals surface area contributed by atoms with Crippen LogP contribution >= 0.6 is 0 Å². The van der Waals surface area contributed by atoms with Crippen LogP contribution in [0.4, 0.5) is 0 Å². The summed E-state index contributed by atoms with van der Waals surface area (Å²) in [5.41, 5.74) is 0.902. The van der Waals surface area contributed by atoms with Crippen LogP contribution in [0, 0.1) is 6.92 Å². The normalized spacial score (nSPS) is 12.1. The van der Waals surface area contributed by atoms with E-state index in [9.17, 15) is 4.79 Å². The van der Waals surface area contributed by atoms with Gasteiger partial charge in [-0.1, -0.05) is 6.08 Å². The van der Waals surface area contributed by atoms with Gasteiger partial charge >= 0.3 is 5.97 Å². The summed E-state index contributed by atoms with van der Waals surface area (Å²) in [6.07, 6.45) is 1.78. The van der Waals surface area contributed by atoms with Crippen molar-refractivity contribution in [3.8, 4) is 11.5 Å². The summed E-state index contributed by atoms with van der Waals surface area (Å²) in [6, 6.07) is 5.35. The van der Waals surface area contributed by atoms with E-state index in [4.69, 9.17) is 9.47 Å². The number of allylic oxidation sites excluding steroid dienone is 1. The zero-order chi connectivity index (χ0) is 13.7. The molecule has 1 unspecified atom stereocenters. The van der Waals surface area contributed by atoms with E-state index >= 15 is 0 Å². The van der Waals surface area contributed by atoms with Gasteiger partial charge in [0.1, 0.15) is 11.5 Å². The van der Waals surface area contributed by atoms with Gasteiger partial charge in [0.2, 0.25) is 0 Å². The molecule has 0 N–H and O–H groups in total. The third-order valence-electron chi connectivity index (χ3n) is 2.25. The van der Waals surface area contributed by atoms with Gasteiger partial charge in [-0.3, -0.25) is 4.79 Å². The van der Waals surface area contributed by atoms with Crippen LogP contribution in [0.15, 0.2) is 30.9 Å². The largest absolute Gasteiger partial charge is 0.491 e. The second-order valence-electron chi connectivity index (χ2n) is 4.34. The fourth-order valence-corrected chi connectivity index (χ4v) is 1.51. The highest BCUT2D eigenvalue weighted by molar-refractivity contribution is 5.69. The summed E-state index contributed by atoms with van der Waals surface area (Å²) in [4.78, 5) is 11.0. The smallest absolute Gasteiger partial charge is 0.308 e. The summed E-state index contributed by atoms with van der Waals surface area (Å²) in [5, 5.41) is 0. The second kappa shape index (κ2) is 6.24. The maximum Gasteiger partial charge on any atom is 0.308 e. The van der Waals surface area contributed by atoms with E-state index < -0.39 is 0 Å². The highest BCUT2D eigenvalue weighted by Gasteiger charge is 2.09. The molecule has 97 valence electrons. The molecule has 0 spiro atoms. The summed E-state index contributed by atoms with van der Waals surface area (Å²) in [7, 11) is 0. The first-order valence-electron chi connectivity index (χ1n) is 5.88. The molecule has 1 atom stereocenters. The van der Waals surface area contributed by atoms with Gasteiger partial charge in [0.15, 0.2) is 0 Å². The average Bonchev–Trinajstić information content (AvgIpc) is 2.25. The Labute approximate surface area is 108 Å². The molecule has 1 aromatic rings. The SMILES string of the molecule is [CH2]C(C=C)c1cc(OC(C)=O)cc(OC(C)C)c1. The Balaban J connectivity index is 3.10. The van der Waals surface area contributed by atoms with Crippen LogP contribution < -0.4 is 9.47 Å². The molecule has 0 amide bonds. The molecule has 0 saturated carbocycles. The Morgan fingerprint density at radius 3 is 2.39 bits per heavy atom. The molecule has 0 aliphatic rings. The highest BCUT2D eigenvalue weighted by Crippen LogP contribution is 2.28. The minimum Gasteiger partial charge on any atom is -0.491 e. The Morgan fingerprint density at radius 1 is 1.28 bits per heavy atom. The number of carbonyl (C=O) groups is 1. The number of carbonyl (C=O) groups excluding carboxylic acids is 1. The van der Waals surface area contributed by atoms with Crippen LogP contribution in [0.2, 0.25) is 0 Å². The Kier molecular flexibility index (Phi) is 4.95. The molecular formula is C15H19O3. The van der Waals surface area contributed by atoms with Crippen LogP contribution in [0.5, 0.6) is 11.5 Å². The molecule has 1 radical (unpaired) electrons. The lowest BCUT2D eigenvalue weighted by Gasteiger charge is -2.15. The van der Waals surface area contributed by atoms with Crippen molar-refractivity contribution in [3.05, 3.63) is 43.3 Å². The highest BCUT2D eigenvalue weighted by atomic mass is 16.5. The lowest BCUT2D eigenvalue weighted by atomic mass is 10.0. The van der Waals surface area contributed by atoms with Crippen LogP contribution in [-0.4, -0.2) is 12.1 Å². The predicted molar refractivity (Wildman–Crippen MR) is 71.8 cm³/mol. The number of hydrogen-bond acceptors (Lipinski definition) is 3. The van der Waals surface area contributed by atoms with Gasteiger partial charge < -0.3 is 9.47 Å². The fourth-order valence-electron chi connectivity index (χ4n) is 1.51. The van der Waals surface area contributed by atoms with E-state index in [1.54, 1.807) is 18.2 Å². The van der Waals surface area contributed by atoms with E-state index in [1.165, 1.54) is 6.92 Å². The Hall–Kier alpha value is -1.77. The fraction of sp³-hybridized carbons (Fsp3) is 0.333. The number of hydrogen-bond donors (Lipinski definition) is 0. The summed E-state index contributed by atoms with van der Waals surface area (Å²) >= 11 is 0. The summed E-state index contributed by atoms with van der Waals surface area (Å²) in [6.45, 7) is 12.9. The van der Waals surface area contributed by atoms with Crippen molar-refractivity contribution in [2.75, 3.05) is 0 Å². The number of benzene rings is 1. The van der Waals surface area contributed by atoms with Crippen molar-refractivity contribution in [3.63, 3.8) is 0 Å². The molecule has 0 aliphatic carbocycles. The average molecular weight is 247 g/mol. The monoisotopic (exact) mass is 247 g/mol. The van der Waals surface area contributed by atoms with Crippen molar-refractivity contribution in [2.45, 2.75) is 32.8 Å². The first-order chi connectivity index (χ1) is 8.42. The van der Waals surface area contributed by atoms with Crippen molar-refractivity contribution < 1.29 is 14.3 Å². The van der Waals surface area contributed by atoms with E-state index in [-0.39, 0.29) is 18.0 Å². The van der Waals surface area contributed by atoms with Gasteiger partial charge in [0.05, 0.1) is 6.10 Å². The quantitative estimate of drug-likeness (QED) is 0.454. The van der Waals surface area contributed by atoms with Crippen LogP contribution in [-0.2, 0) is 4.79 Å². The molecule has 0 heterocycles. The summed E-state index contributed by atoms with van der Waals surface area (Å²) < 4.78 is 10.7. The van der Waals surface area contributed by atoms with E-state index in [2.05, 4.69) is 13.5 Å². The van der Waals surface area contributed by atoms with E-state index in [0.29, 0.717) is 11.5 Å². The lowest BCUT2D eigenvalue weighted by molar-refractivity contribution is -0.131. The topological polar surface area (TPSA) is 35.5 Å². The molecule has 3 heteroatoms. The zero-order valence-electron chi connectivity index (χ0n) is 11.1. The van der Waals surface area contributed by atoms with Gasteiger partial charge in [-0.25, -0.2) is 0 Å². The minimum absolute atomic E-state index is 0.0532. The maximum atomic E-state index is 11.0. The van der Waals surface area contributed by atoms with Gasteiger partial charge in [0.25, 0.3) is 0 Å². The van der Waals surface area contributed by atoms with Crippen molar-refractivity contribution in [2.24, 2.45) is 0 Å². The number of esters is 1. The van der Waals surface area contributed by atoms with Gasteiger partial charge in [-0.2, -0.15) is 0 Å². The Bertz CT molecular complexity index is 435. The first-order valence-corrected chi connectivity index (χ1v) is 5.88. The molecular weight excluding hydrogens is 228 g/mol. The third-order valence-corrected chi connectivity index (χ3v) is 2.25. The molecule has 1 aromatic carbocycles. The van der Waals surface area contributed by atoms with Gasteiger partial charge in [0, 0.05) is 18.9 Å². The van der Waals surface area contributed by atoms with E-state index in [0.717, 1.165) is 5.56 Å². The van der Waals surface area contributed by atoms with E-state index in [1.807, 2.05) is 19.9 Å². The molecule has 0 saturated heterocycles. The molecule has 0 aliphatic heterocycles. The molecule has 3 nitrogen and oxygen atoms in total. The minimum atomic E-state index is -0.359. The molecule has 0 bridgehead atoms. The predicted octanol–water partition coefficient (Wildman–Crippen LogP) is 3.50. The number of ether oxygens (including phenoxy) is 2. The molecule has 18 heavy (non-hydrogen) atoms. The zero-order valence-corrected chi connectivity index (χ0v) is 11.1. The standard InChI is InChI=1S/C15H19O3/c1-6-11(4)13-7-14(17-10(2)3)9-15(8-13)18-12(5)16/h6-11H,1,4H2,2-3,5H3. The second-order valence-corrected chi connectivity index (χ2v) is 4.34.